The second-order valence-corrected chi connectivity index (χ2v) is 6.90. The average molecular weight is 383 g/mol. The van der Waals surface area contributed by atoms with Crippen molar-refractivity contribution in [1.29, 1.82) is 0 Å². The Bertz CT molecular complexity index is 930. The van der Waals surface area contributed by atoms with Gasteiger partial charge in [-0.05, 0) is 6.07 Å². The van der Waals surface area contributed by atoms with Crippen LogP contribution in [0, 0.1) is 10.1 Å². The smallest absolute Gasteiger partial charge is 0.325 e. The number of carbonyl (C=O) groups excluding carboxylic acids is 3. The van der Waals surface area contributed by atoms with Crippen molar-refractivity contribution in [1.82, 2.24) is 4.57 Å². The fourth-order valence-electron chi connectivity index (χ4n) is 1.91. The summed E-state index contributed by atoms with van der Waals surface area (Å²) in [5.41, 5.74) is 0.413. The minimum atomic E-state index is -0.551. The zero-order valence-corrected chi connectivity index (χ0v) is 14.9. The molecule has 0 aliphatic rings. The van der Waals surface area contributed by atoms with Gasteiger partial charge in [0.05, 0.1) is 28.0 Å². The normalized spacial score (nSPS) is 11.5. The number of methoxy groups -OCH3 is 1. The van der Waals surface area contributed by atoms with Crippen LogP contribution in [-0.2, 0) is 25.7 Å². The lowest BCUT2D eigenvalue weighted by Crippen LogP contribution is -2.22. The summed E-state index contributed by atoms with van der Waals surface area (Å²) in [7, 11) is 1.23. The van der Waals surface area contributed by atoms with E-state index < -0.39 is 16.8 Å². The van der Waals surface area contributed by atoms with Gasteiger partial charge >= 0.3 is 5.97 Å². The summed E-state index contributed by atoms with van der Waals surface area (Å²) in [5.74, 6) is -1.22. The first-order chi connectivity index (χ1) is 11.8. The number of thioether (sulfide) groups is 1. The summed E-state index contributed by atoms with van der Waals surface area (Å²) in [6, 6.07) is 4.14. The second-order valence-electron chi connectivity index (χ2n) is 4.74. The van der Waals surface area contributed by atoms with Gasteiger partial charge in [-0.15, -0.1) is 0 Å². The van der Waals surface area contributed by atoms with Crippen LogP contribution in [0.25, 0.3) is 10.2 Å². The minimum Gasteiger partial charge on any atom is -0.468 e. The fraction of sp³-hybridized carbons (Fsp3) is 0.286. The number of nitrogens with zero attached hydrogens (tertiary/aromatic N) is 3. The lowest BCUT2D eigenvalue weighted by atomic mass is 10.3. The first kappa shape index (κ1) is 18.8. The first-order valence-corrected chi connectivity index (χ1v) is 8.67. The van der Waals surface area contributed by atoms with Crippen molar-refractivity contribution in [3.8, 4) is 0 Å². The molecule has 0 saturated carbocycles. The van der Waals surface area contributed by atoms with Gasteiger partial charge in [-0.1, -0.05) is 23.1 Å². The minimum absolute atomic E-state index is 0.107. The quantitative estimate of drug-likeness (QED) is 0.436. The van der Waals surface area contributed by atoms with E-state index >= 15 is 0 Å². The van der Waals surface area contributed by atoms with Crippen LogP contribution >= 0.6 is 23.1 Å². The van der Waals surface area contributed by atoms with Gasteiger partial charge in [0.15, 0.2) is 9.92 Å². The molecule has 0 radical (unpaired) electrons. The zero-order chi connectivity index (χ0) is 18.6. The van der Waals surface area contributed by atoms with Crippen molar-refractivity contribution >= 4 is 56.0 Å². The number of carbonyl (C=O) groups is 3. The van der Waals surface area contributed by atoms with Crippen LogP contribution in [0.4, 0.5) is 5.69 Å². The number of nitro groups is 1. The molecule has 2 aromatic rings. The third-order valence-electron chi connectivity index (χ3n) is 3.01. The molecule has 0 unspecified atom stereocenters. The van der Waals surface area contributed by atoms with Gasteiger partial charge in [0, 0.05) is 19.1 Å². The van der Waals surface area contributed by atoms with E-state index in [4.69, 9.17) is 0 Å². The molecule has 11 heteroatoms. The SMILES string of the molecule is COC(=O)Cn1c(=NC(=O)CSC(C)=O)sc2cc([N+](=O)[O-])ccc21. The van der Waals surface area contributed by atoms with Crippen LogP contribution in [0.5, 0.6) is 0 Å². The summed E-state index contributed by atoms with van der Waals surface area (Å²) in [5, 5.41) is 10.7. The molecule has 1 aromatic heterocycles. The van der Waals surface area contributed by atoms with Crippen LogP contribution in [-0.4, -0.2) is 39.3 Å². The summed E-state index contributed by atoms with van der Waals surface area (Å²) >= 11 is 1.87. The van der Waals surface area contributed by atoms with E-state index in [1.165, 1.54) is 36.8 Å². The molecule has 25 heavy (non-hydrogen) atoms. The number of hydrogen-bond acceptors (Lipinski definition) is 8. The number of hydrogen-bond donors (Lipinski definition) is 0. The van der Waals surface area contributed by atoms with Crippen LogP contribution in [0.1, 0.15) is 6.92 Å². The van der Waals surface area contributed by atoms with E-state index in [-0.39, 0.29) is 27.9 Å². The van der Waals surface area contributed by atoms with Gasteiger partial charge in [-0.2, -0.15) is 4.99 Å². The number of esters is 1. The highest BCUT2D eigenvalue weighted by Crippen LogP contribution is 2.23. The standard InChI is InChI=1S/C14H13N3O6S2/c1-8(18)24-7-12(19)15-14-16(6-13(20)23-2)10-4-3-9(17(21)22)5-11(10)25-14/h3-5H,6-7H2,1-2H3. The molecule has 132 valence electrons. The molecular formula is C14H13N3O6S2. The number of ether oxygens (including phenoxy) is 1. The van der Waals surface area contributed by atoms with E-state index in [9.17, 15) is 24.5 Å². The predicted molar refractivity (Wildman–Crippen MR) is 92.2 cm³/mol. The molecule has 0 saturated heterocycles. The number of benzene rings is 1. The maximum absolute atomic E-state index is 11.9. The van der Waals surface area contributed by atoms with E-state index in [1.54, 1.807) is 0 Å². The Morgan fingerprint density at radius 1 is 1.40 bits per heavy atom. The molecule has 0 bridgehead atoms. The molecule has 0 atom stereocenters. The summed E-state index contributed by atoms with van der Waals surface area (Å²) in [6.45, 7) is 1.15. The molecule has 9 nitrogen and oxygen atoms in total. The highest BCUT2D eigenvalue weighted by atomic mass is 32.2. The summed E-state index contributed by atoms with van der Waals surface area (Å²) in [4.78, 5) is 49.0. The Labute approximate surface area is 149 Å². The van der Waals surface area contributed by atoms with Crippen molar-refractivity contribution < 1.29 is 24.0 Å². The fourth-order valence-corrected chi connectivity index (χ4v) is 3.38. The highest BCUT2D eigenvalue weighted by Gasteiger charge is 2.15. The van der Waals surface area contributed by atoms with Crippen LogP contribution in [0.15, 0.2) is 23.2 Å². The molecular weight excluding hydrogens is 370 g/mol. The van der Waals surface area contributed by atoms with Crippen LogP contribution in [0.3, 0.4) is 0 Å². The third kappa shape index (κ3) is 4.73. The van der Waals surface area contributed by atoms with Gasteiger partial charge in [-0.25, -0.2) is 0 Å². The molecule has 0 N–H and O–H groups in total. The van der Waals surface area contributed by atoms with Crippen molar-refractivity contribution in [2.75, 3.05) is 12.9 Å². The number of aromatic nitrogens is 1. The summed E-state index contributed by atoms with van der Waals surface area (Å²) in [6.07, 6.45) is 0. The Morgan fingerprint density at radius 3 is 2.72 bits per heavy atom. The molecule has 1 aromatic carbocycles. The van der Waals surface area contributed by atoms with Crippen LogP contribution in [0.2, 0.25) is 0 Å². The van der Waals surface area contributed by atoms with Gasteiger partial charge in [0.25, 0.3) is 11.6 Å². The number of thiazole rings is 1. The predicted octanol–water partition coefficient (Wildman–Crippen LogP) is 1.49. The maximum atomic E-state index is 11.9. The molecule has 1 heterocycles. The molecule has 0 fully saturated rings. The topological polar surface area (TPSA) is 121 Å². The van der Waals surface area contributed by atoms with Crippen LogP contribution < -0.4 is 4.80 Å². The summed E-state index contributed by atoms with van der Waals surface area (Å²) < 4.78 is 6.59. The average Bonchev–Trinajstić information content (AvgIpc) is 2.89. The van der Waals surface area contributed by atoms with E-state index in [1.807, 2.05) is 0 Å². The van der Waals surface area contributed by atoms with Crippen molar-refractivity contribution in [3.63, 3.8) is 0 Å². The van der Waals surface area contributed by atoms with Gasteiger partial charge < -0.3 is 9.30 Å². The number of rotatable bonds is 5. The van der Waals surface area contributed by atoms with Gasteiger partial charge in [0.2, 0.25) is 0 Å². The first-order valence-electron chi connectivity index (χ1n) is 6.87. The Balaban J connectivity index is 2.53. The molecule has 1 amide bonds. The van der Waals surface area contributed by atoms with E-state index in [2.05, 4.69) is 9.73 Å². The number of amides is 1. The second kappa shape index (κ2) is 8.03. The van der Waals surface area contributed by atoms with Crippen molar-refractivity contribution in [2.24, 2.45) is 4.99 Å². The molecule has 0 aliphatic heterocycles. The maximum Gasteiger partial charge on any atom is 0.325 e. The van der Waals surface area contributed by atoms with Crippen molar-refractivity contribution in [2.45, 2.75) is 13.5 Å². The Kier molecular flexibility index (Phi) is 6.04. The third-order valence-corrected chi connectivity index (χ3v) is 4.85. The monoisotopic (exact) mass is 383 g/mol. The Hall–Kier alpha value is -2.53. The number of non-ortho nitro benzene ring substituents is 1. The number of fused-ring (bicyclic) bond motifs is 1. The molecule has 0 spiro atoms. The molecule has 2 rings (SSSR count). The molecule has 0 aliphatic carbocycles. The lowest BCUT2D eigenvalue weighted by Gasteiger charge is -2.03. The zero-order valence-electron chi connectivity index (χ0n) is 13.3. The van der Waals surface area contributed by atoms with Gasteiger partial charge in [-0.3, -0.25) is 24.5 Å². The van der Waals surface area contributed by atoms with E-state index in [0.717, 1.165) is 23.1 Å². The Morgan fingerprint density at radius 2 is 2.12 bits per heavy atom. The largest absolute Gasteiger partial charge is 0.468 e. The van der Waals surface area contributed by atoms with Crippen molar-refractivity contribution in [3.05, 3.63) is 33.1 Å². The highest BCUT2D eigenvalue weighted by molar-refractivity contribution is 8.14. The lowest BCUT2D eigenvalue weighted by molar-refractivity contribution is -0.384. The van der Waals surface area contributed by atoms with E-state index in [0.29, 0.717) is 10.2 Å². The number of nitro benzene ring substituents is 1. The van der Waals surface area contributed by atoms with Gasteiger partial charge in [0.1, 0.15) is 6.54 Å².